The van der Waals surface area contributed by atoms with Crippen molar-refractivity contribution in [1.82, 2.24) is 24.7 Å². The van der Waals surface area contributed by atoms with Crippen LogP contribution >= 0.6 is 0 Å². The number of ether oxygens (including phenoxy) is 2. The predicted octanol–water partition coefficient (Wildman–Crippen LogP) is 3.66. The third-order valence-corrected chi connectivity index (χ3v) is 8.22. The average molecular weight is 589 g/mol. The van der Waals surface area contributed by atoms with E-state index in [-0.39, 0.29) is 11.7 Å². The van der Waals surface area contributed by atoms with Crippen molar-refractivity contribution in [3.63, 3.8) is 0 Å². The number of allylic oxidation sites excluding steroid dienone is 2. The topological polar surface area (TPSA) is 94.5 Å². The number of amides is 1. The molecule has 230 valence electrons. The fourth-order valence-corrected chi connectivity index (χ4v) is 5.82. The maximum atomic E-state index is 12.2. The first-order valence-electron chi connectivity index (χ1n) is 15.4. The second-order valence-corrected chi connectivity index (χ2v) is 11.2. The van der Waals surface area contributed by atoms with Crippen molar-refractivity contribution in [3.05, 3.63) is 77.3 Å². The zero-order valence-electron chi connectivity index (χ0n) is 25.3. The van der Waals surface area contributed by atoms with Crippen LogP contribution in [0.4, 0.5) is 5.82 Å². The molecule has 3 aliphatic rings. The highest BCUT2D eigenvalue weighted by molar-refractivity contribution is 5.87. The molecule has 0 bridgehead atoms. The number of aliphatic hydroxyl groups excluding tert-OH is 1. The number of fused-ring (bicyclic) bond motifs is 1. The van der Waals surface area contributed by atoms with E-state index in [2.05, 4.69) is 21.3 Å². The number of carbonyl (C=O) groups is 1. The number of piperazine rings is 1. The molecule has 3 aliphatic heterocycles. The van der Waals surface area contributed by atoms with E-state index in [1.807, 2.05) is 42.2 Å². The molecule has 5 rings (SSSR count). The van der Waals surface area contributed by atoms with Crippen molar-refractivity contribution in [1.29, 1.82) is 0 Å². The van der Waals surface area contributed by atoms with Gasteiger partial charge in [-0.1, -0.05) is 36.9 Å². The van der Waals surface area contributed by atoms with Crippen LogP contribution in [0.1, 0.15) is 36.6 Å². The molecule has 10 heteroatoms. The molecule has 1 aromatic heterocycles. The number of anilines is 1. The minimum Gasteiger partial charge on any atom is -0.508 e. The molecule has 0 radical (unpaired) electrons. The summed E-state index contributed by atoms with van der Waals surface area (Å²) in [5.41, 5.74) is 4.00. The third-order valence-electron chi connectivity index (χ3n) is 8.22. The molecule has 4 heterocycles. The summed E-state index contributed by atoms with van der Waals surface area (Å²) in [6, 6.07) is 10.2. The first-order valence-corrected chi connectivity index (χ1v) is 15.4. The summed E-state index contributed by atoms with van der Waals surface area (Å²) in [4.78, 5) is 30.7. The standard InChI is InChI=1S/C33H44N6O4/c1-3-31(41)37-15-17-38(18-16-37)32-29-11-14-39(26(2)23-28(40)24-27-9-5-4-6-10-27)25-30(29)34-33(35-32)43-21-8-13-36-12-7-20-42-22-19-36/h3-6,9-10,23-24,40H,1,7-8,11-22,25H2,2H3/b26-23+,28-24+. The van der Waals surface area contributed by atoms with Crippen molar-refractivity contribution in [2.75, 3.05) is 77.1 Å². The van der Waals surface area contributed by atoms with Crippen LogP contribution in [0, 0.1) is 0 Å². The van der Waals surface area contributed by atoms with E-state index in [0.717, 1.165) is 87.0 Å². The predicted molar refractivity (Wildman–Crippen MR) is 168 cm³/mol. The molecule has 0 saturated carbocycles. The van der Waals surface area contributed by atoms with Crippen molar-refractivity contribution in [3.8, 4) is 6.01 Å². The molecule has 2 saturated heterocycles. The summed E-state index contributed by atoms with van der Waals surface area (Å²) in [6.45, 7) is 14.8. The number of carbonyl (C=O) groups excluding carboxylic acids is 1. The Morgan fingerprint density at radius 2 is 1.86 bits per heavy atom. The highest BCUT2D eigenvalue weighted by Gasteiger charge is 2.28. The fourth-order valence-electron chi connectivity index (χ4n) is 5.82. The third kappa shape index (κ3) is 8.36. The summed E-state index contributed by atoms with van der Waals surface area (Å²) in [7, 11) is 0. The van der Waals surface area contributed by atoms with E-state index >= 15 is 0 Å². The zero-order valence-corrected chi connectivity index (χ0v) is 25.3. The largest absolute Gasteiger partial charge is 0.508 e. The Morgan fingerprint density at radius 1 is 1.05 bits per heavy atom. The molecule has 0 aliphatic carbocycles. The van der Waals surface area contributed by atoms with Gasteiger partial charge in [0.2, 0.25) is 5.91 Å². The first kappa shape index (κ1) is 30.6. The van der Waals surface area contributed by atoms with Crippen LogP contribution < -0.4 is 9.64 Å². The minimum absolute atomic E-state index is 0.0353. The van der Waals surface area contributed by atoms with Gasteiger partial charge in [-0.2, -0.15) is 9.97 Å². The van der Waals surface area contributed by atoms with Gasteiger partial charge in [0.05, 0.1) is 25.5 Å². The lowest BCUT2D eigenvalue weighted by Gasteiger charge is -2.38. The van der Waals surface area contributed by atoms with Gasteiger partial charge in [-0.3, -0.25) is 4.79 Å². The van der Waals surface area contributed by atoms with E-state index in [0.29, 0.717) is 45.3 Å². The Balaban J connectivity index is 1.30. The van der Waals surface area contributed by atoms with Crippen LogP contribution in [0.2, 0.25) is 0 Å². The molecule has 1 N–H and O–H groups in total. The van der Waals surface area contributed by atoms with Gasteiger partial charge in [0.15, 0.2) is 0 Å². The number of rotatable bonds is 10. The number of benzene rings is 1. The number of nitrogens with zero attached hydrogens (tertiary/aromatic N) is 6. The smallest absolute Gasteiger partial charge is 0.318 e. The second-order valence-electron chi connectivity index (χ2n) is 11.2. The monoisotopic (exact) mass is 588 g/mol. The van der Waals surface area contributed by atoms with Crippen LogP contribution in [0.25, 0.3) is 6.08 Å². The number of hydrogen-bond acceptors (Lipinski definition) is 9. The Bertz CT molecular complexity index is 1300. The van der Waals surface area contributed by atoms with Crippen molar-refractivity contribution < 1.29 is 19.4 Å². The molecule has 10 nitrogen and oxygen atoms in total. The Hall–Kier alpha value is -3.89. The van der Waals surface area contributed by atoms with Crippen LogP contribution in [-0.2, 0) is 22.5 Å². The molecule has 2 aromatic rings. The average Bonchev–Trinajstić information content (AvgIpc) is 3.31. The summed E-state index contributed by atoms with van der Waals surface area (Å²) < 4.78 is 11.7. The van der Waals surface area contributed by atoms with Crippen LogP contribution in [0.15, 0.2) is 60.5 Å². The highest BCUT2D eigenvalue weighted by Crippen LogP contribution is 2.31. The van der Waals surface area contributed by atoms with E-state index in [4.69, 9.17) is 19.4 Å². The molecule has 43 heavy (non-hydrogen) atoms. The van der Waals surface area contributed by atoms with E-state index in [1.54, 1.807) is 12.2 Å². The van der Waals surface area contributed by atoms with Gasteiger partial charge in [-0.25, -0.2) is 0 Å². The maximum Gasteiger partial charge on any atom is 0.318 e. The lowest BCUT2D eigenvalue weighted by atomic mass is 10.0. The normalized spacial score (nSPS) is 18.7. The Morgan fingerprint density at radius 3 is 2.65 bits per heavy atom. The van der Waals surface area contributed by atoms with Gasteiger partial charge < -0.3 is 34.2 Å². The van der Waals surface area contributed by atoms with Crippen LogP contribution in [0.5, 0.6) is 6.01 Å². The van der Waals surface area contributed by atoms with Crippen molar-refractivity contribution in [2.24, 2.45) is 0 Å². The first-order chi connectivity index (χ1) is 21.0. The Kier molecular flexibility index (Phi) is 10.7. The molecule has 2 fully saturated rings. The van der Waals surface area contributed by atoms with Crippen molar-refractivity contribution in [2.45, 2.75) is 32.7 Å². The summed E-state index contributed by atoms with van der Waals surface area (Å²) in [6.07, 6.45) is 7.68. The zero-order chi connectivity index (χ0) is 30.0. The quantitative estimate of drug-likeness (QED) is 0.193. The Labute approximate surface area is 254 Å². The fraction of sp³-hybridized carbons (Fsp3) is 0.485. The number of aromatic nitrogens is 2. The molecular formula is C33H44N6O4. The minimum atomic E-state index is -0.0353. The second kappa shape index (κ2) is 15.0. The SMILES string of the molecule is C=CC(=O)N1CCN(c2nc(OCCCN3CCCOCC3)nc3c2CCN(/C(C)=C/C(O)=C\c2ccccc2)C3)CC1. The van der Waals surface area contributed by atoms with E-state index in [1.165, 1.54) is 6.08 Å². The number of aliphatic hydroxyl groups is 1. The van der Waals surface area contributed by atoms with Gasteiger partial charge in [0.1, 0.15) is 11.6 Å². The van der Waals surface area contributed by atoms with Gasteiger partial charge in [-0.15, -0.1) is 0 Å². The van der Waals surface area contributed by atoms with Gasteiger partial charge >= 0.3 is 6.01 Å². The van der Waals surface area contributed by atoms with Gasteiger partial charge in [0, 0.05) is 70.2 Å². The van der Waals surface area contributed by atoms with Crippen molar-refractivity contribution >= 4 is 17.8 Å². The molecule has 0 unspecified atom stereocenters. The van der Waals surface area contributed by atoms with Crippen LogP contribution in [0.3, 0.4) is 0 Å². The van der Waals surface area contributed by atoms with E-state index in [9.17, 15) is 9.90 Å². The van der Waals surface area contributed by atoms with E-state index < -0.39 is 0 Å². The summed E-state index contributed by atoms with van der Waals surface area (Å²) >= 11 is 0. The summed E-state index contributed by atoms with van der Waals surface area (Å²) in [5.74, 6) is 1.08. The summed E-state index contributed by atoms with van der Waals surface area (Å²) in [5, 5.41) is 10.6. The molecule has 1 aromatic carbocycles. The van der Waals surface area contributed by atoms with Gasteiger partial charge in [-0.05, 0) is 50.0 Å². The van der Waals surface area contributed by atoms with Crippen LogP contribution in [-0.4, -0.2) is 108 Å². The highest BCUT2D eigenvalue weighted by atomic mass is 16.5. The number of hydrogen-bond donors (Lipinski definition) is 1. The molecule has 0 spiro atoms. The lowest BCUT2D eigenvalue weighted by molar-refractivity contribution is -0.126. The maximum absolute atomic E-state index is 12.2. The lowest BCUT2D eigenvalue weighted by Crippen LogP contribution is -2.49. The molecule has 0 atom stereocenters. The van der Waals surface area contributed by atoms with Gasteiger partial charge in [0.25, 0.3) is 0 Å². The molecular weight excluding hydrogens is 544 g/mol. The molecule has 1 amide bonds.